The Bertz CT molecular complexity index is 874. The highest BCUT2D eigenvalue weighted by Crippen LogP contribution is 2.21. The average Bonchev–Trinajstić information content (AvgIpc) is 2.71. The van der Waals surface area contributed by atoms with Crippen LogP contribution < -0.4 is 15.5 Å². The van der Waals surface area contributed by atoms with Crippen molar-refractivity contribution in [2.45, 2.75) is 13.8 Å². The zero-order valence-electron chi connectivity index (χ0n) is 15.6. The molecule has 0 saturated heterocycles. The minimum absolute atomic E-state index is 0.235. The Morgan fingerprint density at radius 1 is 0.889 bits per heavy atom. The van der Waals surface area contributed by atoms with E-state index in [1.54, 1.807) is 12.3 Å². The van der Waals surface area contributed by atoms with Crippen LogP contribution in [0.4, 0.5) is 22.7 Å². The number of hydrogen-bond acceptors (Lipinski definition) is 4. The molecule has 2 aromatic carbocycles. The highest BCUT2D eigenvalue weighted by atomic mass is 16.1. The molecule has 138 valence electrons. The molecule has 0 spiro atoms. The number of benzene rings is 2. The summed E-state index contributed by atoms with van der Waals surface area (Å²) in [6.45, 7) is 6.25. The molecule has 3 rings (SSSR count). The van der Waals surface area contributed by atoms with Crippen molar-refractivity contribution >= 4 is 28.7 Å². The number of amides is 1. The Kier molecular flexibility index (Phi) is 6.05. The van der Waals surface area contributed by atoms with E-state index < -0.39 is 0 Å². The van der Waals surface area contributed by atoms with Crippen LogP contribution in [0.15, 0.2) is 72.9 Å². The molecule has 0 unspecified atom stereocenters. The van der Waals surface area contributed by atoms with Crippen molar-refractivity contribution in [3.63, 3.8) is 0 Å². The van der Waals surface area contributed by atoms with Crippen molar-refractivity contribution in [2.75, 3.05) is 28.6 Å². The van der Waals surface area contributed by atoms with Gasteiger partial charge in [0.25, 0.3) is 5.91 Å². The molecule has 5 nitrogen and oxygen atoms in total. The monoisotopic (exact) mass is 360 g/mol. The molecule has 2 N–H and O–H groups in total. The van der Waals surface area contributed by atoms with Gasteiger partial charge in [-0.05, 0) is 62.4 Å². The maximum Gasteiger partial charge on any atom is 0.274 e. The third-order valence-electron chi connectivity index (χ3n) is 4.31. The van der Waals surface area contributed by atoms with Gasteiger partial charge in [-0.1, -0.05) is 18.2 Å². The molecular weight excluding hydrogens is 336 g/mol. The van der Waals surface area contributed by atoms with E-state index in [2.05, 4.69) is 46.5 Å². The molecule has 5 heteroatoms. The quantitative estimate of drug-likeness (QED) is 0.628. The molecule has 0 aliphatic rings. The summed E-state index contributed by atoms with van der Waals surface area (Å²) in [5.74, 6) is -0.235. The first-order chi connectivity index (χ1) is 13.2. The lowest BCUT2D eigenvalue weighted by molar-refractivity contribution is 0.102. The topological polar surface area (TPSA) is 57.3 Å². The summed E-state index contributed by atoms with van der Waals surface area (Å²) in [7, 11) is 0. The Hall–Kier alpha value is -3.34. The number of nitrogens with one attached hydrogen (secondary N) is 2. The summed E-state index contributed by atoms with van der Waals surface area (Å²) in [6.07, 6.45) is 1.63. The number of carbonyl (C=O) groups excluding carboxylic acids is 1. The second-order valence-corrected chi connectivity index (χ2v) is 6.09. The van der Waals surface area contributed by atoms with Gasteiger partial charge in [-0.15, -0.1) is 0 Å². The molecule has 0 saturated carbocycles. The number of aromatic nitrogens is 1. The second kappa shape index (κ2) is 8.85. The van der Waals surface area contributed by atoms with Crippen LogP contribution in [0.1, 0.15) is 24.3 Å². The fraction of sp³-hybridized carbons (Fsp3) is 0.182. The van der Waals surface area contributed by atoms with Gasteiger partial charge in [-0.3, -0.25) is 9.78 Å². The van der Waals surface area contributed by atoms with Crippen LogP contribution in [0.3, 0.4) is 0 Å². The molecule has 0 fully saturated rings. The molecule has 0 bridgehead atoms. The van der Waals surface area contributed by atoms with Crippen LogP contribution in [0, 0.1) is 0 Å². The molecular formula is C22H24N4O. The minimum Gasteiger partial charge on any atom is -0.372 e. The second-order valence-electron chi connectivity index (χ2n) is 6.09. The number of para-hydroxylation sites is 1. The summed E-state index contributed by atoms with van der Waals surface area (Å²) in [6, 6.07) is 21.2. The Balaban J connectivity index is 1.69. The van der Waals surface area contributed by atoms with Crippen molar-refractivity contribution in [1.82, 2.24) is 4.98 Å². The fourth-order valence-electron chi connectivity index (χ4n) is 2.86. The number of carbonyl (C=O) groups is 1. The Morgan fingerprint density at radius 3 is 2.26 bits per heavy atom. The SMILES string of the molecule is CCN(CC)c1ccc(Nc2ccnc(C(=O)Nc3ccccc3)c2)cc1. The lowest BCUT2D eigenvalue weighted by Crippen LogP contribution is -2.21. The molecule has 0 atom stereocenters. The van der Waals surface area contributed by atoms with Gasteiger partial charge in [0.05, 0.1) is 0 Å². The molecule has 1 heterocycles. The van der Waals surface area contributed by atoms with E-state index in [1.807, 2.05) is 48.5 Å². The van der Waals surface area contributed by atoms with E-state index in [1.165, 1.54) is 5.69 Å². The zero-order valence-corrected chi connectivity index (χ0v) is 15.6. The van der Waals surface area contributed by atoms with E-state index in [0.717, 1.165) is 30.2 Å². The lowest BCUT2D eigenvalue weighted by Gasteiger charge is -2.21. The summed E-state index contributed by atoms with van der Waals surface area (Å²) in [5, 5.41) is 6.17. The molecule has 3 aromatic rings. The highest BCUT2D eigenvalue weighted by molar-refractivity contribution is 6.03. The van der Waals surface area contributed by atoms with Gasteiger partial charge in [0.2, 0.25) is 0 Å². The van der Waals surface area contributed by atoms with Crippen LogP contribution in [0.2, 0.25) is 0 Å². The van der Waals surface area contributed by atoms with Crippen LogP contribution in [-0.2, 0) is 0 Å². The summed E-state index contributed by atoms with van der Waals surface area (Å²) < 4.78 is 0. The Labute approximate surface area is 160 Å². The first-order valence-electron chi connectivity index (χ1n) is 9.14. The first kappa shape index (κ1) is 18.5. The zero-order chi connectivity index (χ0) is 19.1. The minimum atomic E-state index is -0.235. The maximum atomic E-state index is 12.4. The number of pyridine rings is 1. The maximum absolute atomic E-state index is 12.4. The van der Waals surface area contributed by atoms with Gasteiger partial charge in [-0.2, -0.15) is 0 Å². The highest BCUT2D eigenvalue weighted by Gasteiger charge is 2.09. The molecule has 0 aliphatic carbocycles. The molecule has 0 radical (unpaired) electrons. The Morgan fingerprint density at radius 2 is 1.59 bits per heavy atom. The summed E-state index contributed by atoms with van der Waals surface area (Å²) in [5.41, 5.74) is 4.09. The molecule has 0 aliphatic heterocycles. The van der Waals surface area contributed by atoms with Gasteiger partial charge in [0.15, 0.2) is 0 Å². The van der Waals surface area contributed by atoms with E-state index in [4.69, 9.17) is 0 Å². The van der Waals surface area contributed by atoms with Gasteiger partial charge in [0, 0.05) is 42.0 Å². The van der Waals surface area contributed by atoms with Gasteiger partial charge >= 0.3 is 0 Å². The van der Waals surface area contributed by atoms with Crippen molar-refractivity contribution in [3.8, 4) is 0 Å². The predicted molar refractivity (Wildman–Crippen MR) is 112 cm³/mol. The lowest BCUT2D eigenvalue weighted by atomic mass is 10.2. The molecule has 1 amide bonds. The van der Waals surface area contributed by atoms with Crippen molar-refractivity contribution < 1.29 is 4.79 Å². The molecule has 1 aromatic heterocycles. The van der Waals surface area contributed by atoms with Crippen LogP contribution in [-0.4, -0.2) is 24.0 Å². The third kappa shape index (κ3) is 4.85. The van der Waals surface area contributed by atoms with E-state index >= 15 is 0 Å². The smallest absolute Gasteiger partial charge is 0.274 e. The predicted octanol–water partition coefficient (Wildman–Crippen LogP) is 4.92. The number of rotatable bonds is 7. The fourth-order valence-corrected chi connectivity index (χ4v) is 2.86. The van der Waals surface area contributed by atoms with E-state index in [-0.39, 0.29) is 5.91 Å². The normalized spacial score (nSPS) is 10.3. The summed E-state index contributed by atoms with van der Waals surface area (Å²) >= 11 is 0. The van der Waals surface area contributed by atoms with Crippen LogP contribution >= 0.6 is 0 Å². The van der Waals surface area contributed by atoms with Crippen molar-refractivity contribution in [1.29, 1.82) is 0 Å². The van der Waals surface area contributed by atoms with Gasteiger partial charge in [-0.25, -0.2) is 0 Å². The first-order valence-corrected chi connectivity index (χ1v) is 9.14. The third-order valence-corrected chi connectivity index (χ3v) is 4.31. The van der Waals surface area contributed by atoms with E-state index in [9.17, 15) is 4.79 Å². The van der Waals surface area contributed by atoms with E-state index in [0.29, 0.717) is 5.69 Å². The molecule has 27 heavy (non-hydrogen) atoms. The number of nitrogens with zero attached hydrogens (tertiary/aromatic N) is 2. The average molecular weight is 360 g/mol. The number of hydrogen-bond donors (Lipinski definition) is 2. The van der Waals surface area contributed by atoms with Crippen LogP contribution in [0.25, 0.3) is 0 Å². The summed E-state index contributed by atoms with van der Waals surface area (Å²) in [4.78, 5) is 18.9. The van der Waals surface area contributed by atoms with Crippen molar-refractivity contribution in [3.05, 3.63) is 78.6 Å². The number of anilines is 4. The van der Waals surface area contributed by atoms with Crippen molar-refractivity contribution in [2.24, 2.45) is 0 Å². The van der Waals surface area contributed by atoms with Crippen LogP contribution in [0.5, 0.6) is 0 Å². The van der Waals surface area contributed by atoms with Gasteiger partial charge < -0.3 is 15.5 Å². The van der Waals surface area contributed by atoms with Gasteiger partial charge in [0.1, 0.15) is 5.69 Å². The largest absolute Gasteiger partial charge is 0.372 e. The standard InChI is InChI=1S/C22H24N4O/c1-3-26(4-2)20-12-10-18(11-13-20)24-19-14-15-23-21(16-19)22(27)25-17-8-6-5-7-9-17/h5-16H,3-4H2,1-2H3,(H,23,24)(H,25,27).